The maximum absolute atomic E-state index is 12.0. The summed E-state index contributed by atoms with van der Waals surface area (Å²) < 4.78 is 10.3. The Kier molecular flexibility index (Phi) is 6.85. The Morgan fingerprint density at radius 3 is 2.62 bits per heavy atom. The Bertz CT molecular complexity index is 915. The van der Waals surface area contributed by atoms with Crippen molar-refractivity contribution in [3.63, 3.8) is 0 Å². The molecular formula is C23H30N2O4. The average Bonchev–Trinajstić information content (AvgIpc) is 3.12. The maximum Gasteiger partial charge on any atom is 0.305 e. The summed E-state index contributed by atoms with van der Waals surface area (Å²) in [4.78, 5) is 32.3. The molecule has 1 aromatic heterocycles. The van der Waals surface area contributed by atoms with Gasteiger partial charge in [0.1, 0.15) is 5.78 Å². The number of aromatic amines is 1. The Labute approximate surface area is 171 Å². The Hall–Kier alpha value is -2.47. The van der Waals surface area contributed by atoms with Crippen LogP contribution < -0.4 is 0 Å². The molecule has 0 spiro atoms. The van der Waals surface area contributed by atoms with Crippen LogP contribution in [0.3, 0.4) is 0 Å². The normalized spacial score (nSPS) is 15.5. The van der Waals surface area contributed by atoms with Crippen LogP contribution in [0.15, 0.2) is 29.3 Å². The van der Waals surface area contributed by atoms with Gasteiger partial charge >= 0.3 is 5.97 Å². The molecule has 6 nitrogen and oxygen atoms in total. The number of para-hydroxylation sites is 1. The number of hydrogen-bond donors (Lipinski definition) is 1. The lowest BCUT2D eigenvalue weighted by atomic mass is 9.70. The van der Waals surface area contributed by atoms with E-state index in [2.05, 4.69) is 17.1 Å². The molecule has 156 valence electrons. The number of Topliss-reactive ketones (excluding diaryl/α,β-unsaturated/α-hetero) is 1. The third-order valence-electron chi connectivity index (χ3n) is 5.96. The second-order valence-corrected chi connectivity index (χ2v) is 7.81. The van der Waals surface area contributed by atoms with Gasteiger partial charge in [-0.25, -0.2) is 0 Å². The quantitative estimate of drug-likeness (QED) is 0.616. The largest absolute Gasteiger partial charge is 0.469 e. The molecule has 2 heterocycles. The predicted molar refractivity (Wildman–Crippen MR) is 113 cm³/mol. The molecular weight excluding hydrogens is 368 g/mol. The number of H-pyrrole nitrogens is 1. The van der Waals surface area contributed by atoms with E-state index in [0.29, 0.717) is 38.8 Å². The molecule has 0 saturated carbocycles. The number of ketones is 1. The van der Waals surface area contributed by atoms with E-state index in [1.54, 1.807) is 14.0 Å². The molecule has 2 aromatic rings. The second kappa shape index (κ2) is 9.35. The van der Waals surface area contributed by atoms with E-state index in [1.807, 2.05) is 12.1 Å². The van der Waals surface area contributed by atoms with Gasteiger partial charge in [-0.2, -0.15) is 0 Å². The molecule has 6 heteroatoms. The monoisotopic (exact) mass is 398 g/mol. The zero-order valence-electron chi connectivity index (χ0n) is 17.5. The molecule has 1 atom stereocenters. The van der Waals surface area contributed by atoms with Crippen LogP contribution in [0.2, 0.25) is 0 Å². The number of benzene rings is 1. The number of aromatic nitrogens is 1. The molecule has 0 saturated heterocycles. The molecule has 29 heavy (non-hydrogen) atoms. The number of carbonyl (C=O) groups excluding carboxylic acids is 2. The van der Waals surface area contributed by atoms with E-state index in [-0.39, 0.29) is 18.2 Å². The number of nitrogens with one attached hydrogen (secondary N) is 1. The van der Waals surface area contributed by atoms with E-state index in [0.717, 1.165) is 23.3 Å². The van der Waals surface area contributed by atoms with Gasteiger partial charge in [-0.3, -0.25) is 9.79 Å². The second-order valence-electron chi connectivity index (χ2n) is 7.81. The van der Waals surface area contributed by atoms with Crippen LogP contribution in [0.25, 0.3) is 10.9 Å². The first-order chi connectivity index (χ1) is 14.0. The third-order valence-corrected chi connectivity index (χ3v) is 5.96. The predicted octanol–water partition coefficient (Wildman–Crippen LogP) is 3.86. The number of carbonyl (C=O) groups is 2. The molecule has 0 fully saturated rings. The Balaban J connectivity index is 2.07. The van der Waals surface area contributed by atoms with Crippen LogP contribution in [-0.2, 0) is 25.5 Å². The average molecular weight is 399 g/mol. The maximum atomic E-state index is 12.0. The minimum atomic E-state index is -0.425. The van der Waals surface area contributed by atoms with Crippen molar-refractivity contribution < 1.29 is 19.1 Å². The number of rotatable bonds is 10. The summed E-state index contributed by atoms with van der Waals surface area (Å²) in [6, 6.07) is 8.28. The molecule has 1 aromatic carbocycles. The zero-order valence-corrected chi connectivity index (χ0v) is 17.5. The summed E-state index contributed by atoms with van der Waals surface area (Å²) in [5, 5.41) is 1.22. The summed E-state index contributed by atoms with van der Waals surface area (Å²) >= 11 is 0. The van der Waals surface area contributed by atoms with E-state index in [4.69, 9.17) is 14.5 Å². The summed E-state index contributed by atoms with van der Waals surface area (Å²) in [6.45, 7) is 2.85. The highest BCUT2D eigenvalue weighted by molar-refractivity contribution is 6.09. The van der Waals surface area contributed by atoms with Crippen LogP contribution >= 0.6 is 0 Å². The molecule has 1 unspecified atom stereocenters. The van der Waals surface area contributed by atoms with Crippen molar-refractivity contribution in [1.29, 1.82) is 0 Å². The van der Waals surface area contributed by atoms with E-state index in [9.17, 15) is 9.59 Å². The lowest BCUT2D eigenvalue weighted by Gasteiger charge is -2.36. The zero-order chi connectivity index (χ0) is 20.9. The van der Waals surface area contributed by atoms with Crippen LogP contribution in [-0.4, -0.2) is 49.8 Å². The van der Waals surface area contributed by atoms with Gasteiger partial charge in [0.05, 0.1) is 18.5 Å². The van der Waals surface area contributed by atoms with E-state index < -0.39 is 5.41 Å². The smallest absolute Gasteiger partial charge is 0.305 e. The molecule has 0 bridgehead atoms. The molecule has 1 N–H and O–H groups in total. The van der Waals surface area contributed by atoms with Gasteiger partial charge in [-0.05, 0) is 44.2 Å². The number of nitrogens with zero attached hydrogens (tertiary/aromatic N) is 1. The first-order valence-corrected chi connectivity index (χ1v) is 10.2. The molecule has 0 radical (unpaired) electrons. The summed E-state index contributed by atoms with van der Waals surface area (Å²) in [7, 11) is 3.08. The summed E-state index contributed by atoms with van der Waals surface area (Å²) in [5.74, 6) is -0.110. The van der Waals surface area contributed by atoms with Crippen LogP contribution in [0, 0.1) is 5.41 Å². The minimum absolute atomic E-state index is 0.137. The molecule has 1 aliphatic rings. The van der Waals surface area contributed by atoms with Crippen molar-refractivity contribution in [2.75, 3.05) is 27.4 Å². The first-order valence-electron chi connectivity index (χ1n) is 10.2. The van der Waals surface area contributed by atoms with Gasteiger partial charge in [0.15, 0.2) is 0 Å². The summed E-state index contributed by atoms with van der Waals surface area (Å²) in [5.41, 5.74) is 3.95. The Morgan fingerprint density at radius 1 is 1.14 bits per heavy atom. The first kappa shape index (κ1) is 21.2. The van der Waals surface area contributed by atoms with Gasteiger partial charge in [0, 0.05) is 49.4 Å². The van der Waals surface area contributed by atoms with Crippen molar-refractivity contribution in [2.24, 2.45) is 10.4 Å². The van der Waals surface area contributed by atoms with Crippen molar-refractivity contribution in [3.8, 4) is 0 Å². The fraction of sp³-hybridized carbons (Fsp3) is 0.522. The van der Waals surface area contributed by atoms with Gasteiger partial charge in [0.25, 0.3) is 0 Å². The minimum Gasteiger partial charge on any atom is -0.469 e. The van der Waals surface area contributed by atoms with Crippen molar-refractivity contribution in [2.45, 2.75) is 45.4 Å². The highest BCUT2D eigenvalue weighted by Gasteiger charge is 2.39. The van der Waals surface area contributed by atoms with E-state index >= 15 is 0 Å². The number of esters is 1. The third kappa shape index (κ3) is 4.58. The van der Waals surface area contributed by atoms with Crippen molar-refractivity contribution >= 4 is 28.4 Å². The number of hydrogen-bond acceptors (Lipinski definition) is 5. The Morgan fingerprint density at radius 2 is 1.90 bits per heavy atom. The van der Waals surface area contributed by atoms with Crippen LogP contribution in [0.1, 0.15) is 50.3 Å². The topological polar surface area (TPSA) is 80.8 Å². The molecule has 3 rings (SSSR count). The number of methoxy groups -OCH3 is 2. The standard InChI is InChI=1S/C23H30N2O4/c1-16(26)8-11-23(13-15-28-2,12-9-20(27)29-3)22-21-18(10-14-24-22)17-6-4-5-7-19(17)25-21/h4-7,25H,8-15H2,1-3H3. The van der Waals surface area contributed by atoms with Gasteiger partial charge in [-0.1, -0.05) is 18.2 Å². The molecule has 1 aliphatic heterocycles. The molecule has 0 amide bonds. The van der Waals surface area contributed by atoms with Gasteiger partial charge in [-0.15, -0.1) is 0 Å². The van der Waals surface area contributed by atoms with Crippen molar-refractivity contribution in [3.05, 3.63) is 35.5 Å². The fourth-order valence-electron chi connectivity index (χ4n) is 4.34. The van der Waals surface area contributed by atoms with Crippen LogP contribution in [0.4, 0.5) is 0 Å². The lowest BCUT2D eigenvalue weighted by Crippen LogP contribution is -2.37. The SMILES string of the molecule is COCCC(CCC(C)=O)(CCC(=O)OC)C1=NCCc2c1[nH]c1ccccc21. The highest BCUT2D eigenvalue weighted by atomic mass is 16.5. The van der Waals surface area contributed by atoms with E-state index in [1.165, 1.54) is 18.1 Å². The van der Waals surface area contributed by atoms with Gasteiger partial charge < -0.3 is 19.3 Å². The number of ether oxygens (including phenoxy) is 2. The highest BCUT2D eigenvalue weighted by Crippen LogP contribution is 2.41. The van der Waals surface area contributed by atoms with Crippen LogP contribution in [0.5, 0.6) is 0 Å². The fourth-order valence-corrected chi connectivity index (χ4v) is 4.34. The lowest BCUT2D eigenvalue weighted by molar-refractivity contribution is -0.141. The number of aliphatic imine (C=N–C) groups is 1. The molecule has 0 aliphatic carbocycles. The van der Waals surface area contributed by atoms with Crippen molar-refractivity contribution in [1.82, 2.24) is 4.98 Å². The summed E-state index contributed by atoms with van der Waals surface area (Å²) in [6.07, 6.45) is 3.51. The number of fused-ring (bicyclic) bond motifs is 3. The van der Waals surface area contributed by atoms with Gasteiger partial charge in [0.2, 0.25) is 0 Å².